The SMILES string of the molecule is Cc1cccc(C(=O)N(CC(=O)N(Cc2ccco2)CC2CCCO2)C2CC2)c1. The second kappa shape index (κ2) is 8.82. The lowest BCUT2D eigenvalue weighted by Crippen LogP contribution is -2.45. The number of amides is 2. The molecule has 29 heavy (non-hydrogen) atoms. The van der Waals surface area contributed by atoms with E-state index in [-0.39, 0.29) is 30.5 Å². The van der Waals surface area contributed by atoms with Crippen molar-refractivity contribution in [2.24, 2.45) is 0 Å². The minimum Gasteiger partial charge on any atom is -0.467 e. The molecule has 2 fully saturated rings. The zero-order valence-corrected chi connectivity index (χ0v) is 16.9. The van der Waals surface area contributed by atoms with E-state index in [9.17, 15) is 9.59 Å². The highest BCUT2D eigenvalue weighted by molar-refractivity contribution is 5.97. The monoisotopic (exact) mass is 396 g/mol. The van der Waals surface area contributed by atoms with Crippen molar-refractivity contribution in [1.82, 2.24) is 9.80 Å². The molecule has 1 aromatic carbocycles. The van der Waals surface area contributed by atoms with E-state index >= 15 is 0 Å². The summed E-state index contributed by atoms with van der Waals surface area (Å²) in [5, 5.41) is 0. The summed E-state index contributed by atoms with van der Waals surface area (Å²) in [4.78, 5) is 29.9. The number of carbonyl (C=O) groups excluding carboxylic acids is 2. The molecule has 1 aromatic heterocycles. The van der Waals surface area contributed by atoms with Crippen molar-refractivity contribution >= 4 is 11.8 Å². The van der Waals surface area contributed by atoms with Crippen LogP contribution in [0, 0.1) is 6.92 Å². The van der Waals surface area contributed by atoms with Crippen molar-refractivity contribution in [2.45, 2.75) is 51.3 Å². The predicted octanol–water partition coefficient (Wildman–Crippen LogP) is 3.40. The van der Waals surface area contributed by atoms with E-state index in [1.807, 2.05) is 43.3 Å². The molecule has 1 aliphatic carbocycles. The Morgan fingerprint density at radius 3 is 2.66 bits per heavy atom. The molecule has 2 aliphatic rings. The van der Waals surface area contributed by atoms with Gasteiger partial charge in [0.25, 0.3) is 5.91 Å². The number of nitrogens with zero attached hydrogens (tertiary/aromatic N) is 2. The second-order valence-corrected chi connectivity index (χ2v) is 8.02. The summed E-state index contributed by atoms with van der Waals surface area (Å²) < 4.78 is 11.2. The zero-order valence-electron chi connectivity index (χ0n) is 16.9. The number of hydrogen-bond acceptors (Lipinski definition) is 4. The number of ether oxygens (including phenoxy) is 1. The molecule has 0 N–H and O–H groups in total. The van der Waals surface area contributed by atoms with Gasteiger partial charge in [-0.2, -0.15) is 0 Å². The molecule has 0 bridgehead atoms. The summed E-state index contributed by atoms with van der Waals surface area (Å²) >= 11 is 0. The van der Waals surface area contributed by atoms with Gasteiger partial charge in [-0.05, 0) is 56.9 Å². The Hall–Kier alpha value is -2.60. The summed E-state index contributed by atoms with van der Waals surface area (Å²) in [5.41, 5.74) is 1.68. The Labute approximate surface area is 171 Å². The Morgan fingerprint density at radius 2 is 2.00 bits per heavy atom. The van der Waals surface area contributed by atoms with Gasteiger partial charge in [0, 0.05) is 24.8 Å². The minimum atomic E-state index is -0.0698. The molecule has 6 nitrogen and oxygen atoms in total. The highest BCUT2D eigenvalue weighted by atomic mass is 16.5. The number of aryl methyl sites for hydroxylation is 1. The van der Waals surface area contributed by atoms with Gasteiger partial charge in [-0.25, -0.2) is 0 Å². The number of benzene rings is 1. The first kappa shape index (κ1) is 19.7. The van der Waals surface area contributed by atoms with Crippen LogP contribution < -0.4 is 0 Å². The number of rotatable bonds is 8. The van der Waals surface area contributed by atoms with Gasteiger partial charge < -0.3 is 19.0 Å². The Bertz CT molecular complexity index is 838. The first-order valence-electron chi connectivity index (χ1n) is 10.4. The van der Waals surface area contributed by atoms with Gasteiger partial charge >= 0.3 is 0 Å². The molecule has 1 saturated heterocycles. The van der Waals surface area contributed by atoms with Gasteiger partial charge in [-0.3, -0.25) is 9.59 Å². The standard InChI is InChI=1S/C23H28N2O4/c1-17-5-2-6-18(13-17)23(27)25(19-9-10-19)16-22(26)24(14-20-7-3-11-28-20)15-21-8-4-12-29-21/h2-3,5-7,11,13,19,21H,4,8-10,12,14-16H2,1H3. The zero-order chi connectivity index (χ0) is 20.2. The summed E-state index contributed by atoms with van der Waals surface area (Å²) in [6.07, 6.45) is 5.55. The van der Waals surface area contributed by atoms with E-state index in [1.54, 1.807) is 16.1 Å². The summed E-state index contributed by atoms with van der Waals surface area (Å²) in [6, 6.07) is 11.4. The van der Waals surface area contributed by atoms with E-state index in [0.717, 1.165) is 43.6 Å². The molecule has 0 spiro atoms. The molecule has 1 atom stereocenters. The molecule has 2 amide bonds. The fourth-order valence-corrected chi connectivity index (χ4v) is 3.82. The van der Waals surface area contributed by atoms with Crippen LogP contribution in [0.4, 0.5) is 0 Å². The van der Waals surface area contributed by atoms with Crippen molar-refractivity contribution in [3.8, 4) is 0 Å². The molecule has 0 radical (unpaired) electrons. The maximum atomic E-state index is 13.2. The van der Waals surface area contributed by atoms with Crippen molar-refractivity contribution in [1.29, 1.82) is 0 Å². The van der Waals surface area contributed by atoms with E-state index < -0.39 is 0 Å². The average Bonchev–Trinajstić information content (AvgIpc) is 3.18. The summed E-state index contributed by atoms with van der Waals surface area (Å²) in [5.74, 6) is 0.601. The molecular weight excluding hydrogens is 368 g/mol. The van der Waals surface area contributed by atoms with Crippen LogP contribution in [0.3, 0.4) is 0 Å². The number of furan rings is 1. The summed E-state index contributed by atoms with van der Waals surface area (Å²) in [7, 11) is 0. The molecular formula is C23H28N2O4. The van der Waals surface area contributed by atoms with Crippen molar-refractivity contribution in [3.05, 3.63) is 59.5 Å². The maximum Gasteiger partial charge on any atom is 0.254 e. The van der Waals surface area contributed by atoms with Crippen LogP contribution in [-0.4, -0.2) is 53.5 Å². The lowest BCUT2D eigenvalue weighted by Gasteiger charge is -2.29. The Kier molecular flexibility index (Phi) is 6.00. The topological polar surface area (TPSA) is 63.0 Å². The highest BCUT2D eigenvalue weighted by Crippen LogP contribution is 2.28. The van der Waals surface area contributed by atoms with Gasteiger partial charge in [0.05, 0.1) is 18.9 Å². The molecule has 2 heterocycles. The molecule has 4 rings (SSSR count). The predicted molar refractivity (Wildman–Crippen MR) is 108 cm³/mol. The van der Waals surface area contributed by atoms with Gasteiger partial charge in [-0.15, -0.1) is 0 Å². The molecule has 154 valence electrons. The molecule has 1 saturated carbocycles. The Morgan fingerprint density at radius 1 is 1.14 bits per heavy atom. The van der Waals surface area contributed by atoms with E-state index in [4.69, 9.17) is 9.15 Å². The third-order valence-corrected chi connectivity index (χ3v) is 5.55. The smallest absolute Gasteiger partial charge is 0.254 e. The second-order valence-electron chi connectivity index (χ2n) is 8.02. The van der Waals surface area contributed by atoms with E-state index in [0.29, 0.717) is 18.7 Å². The number of carbonyl (C=O) groups is 2. The maximum absolute atomic E-state index is 13.2. The fraction of sp³-hybridized carbons (Fsp3) is 0.478. The minimum absolute atomic E-state index is 0.0516. The van der Waals surface area contributed by atoms with Gasteiger partial charge in [-0.1, -0.05) is 17.7 Å². The molecule has 6 heteroatoms. The van der Waals surface area contributed by atoms with Crippen LogP contribution in [0.1, 0.15) is 47.4 Å². The fourth-order valence-electron chi connectivity index (χ4n) is 3.82. The lowest BCUT2D eigenvalue weighted by molar-refractivity contribution is -0.134. The third-order valence-electron chi connectivity index (χ3n) is 5.55. The molecule has 2 aromatic rings. The van der Waals surface area contributed by atoms with Gasteiger partial charge in [0.1, 0.15) is 12.3 Å². The lowest BCUT2D eigenvalue weighted by atomic mass is 10.1. The van der Waals surface area contributed by atoms with Crippen LogP contribution in [0.15, 0.2) is 47.1 Å². The molecule has 1 aliphatic heterocycles. The normalized spacial score (nSPS) is 18.6. The summed E-state index contributed by atoms with van der Waals surface area (Å²) in [6.45, 7) is 3.72. The van der Waals surface area contributed by atoms with Gasteiger partial charge in [0.15, 0.2) is 0 Å². The van der Waals surface area contributed by atoms with Crippen molar-refractivity contribution in [2.75, 3.05) is 19.7 Å². The molecule has 1 unspecified atom stereocenters. The van der Waals surface area contributed by atoms with Crippen molar-refractivity contribution < 1.29 is 18.7 Å². The van der Waals surface area contributed by atoms with E-state index in [1.165, 1.54) is 0 Å². The first-order valence-corrected chi connectivity index (χ1v) is 10.4. The van der Waals surface area contributed by atoms with Crippen molar-refractivity contribution in [3.63, 3.8) is 0 Å². The van der Waals surface area contributed by atoms with Crippen LogP contribution in [0.5, 0.6) is 0 Å². The van der Waals surface area contributed by atoms with Gasteiger partial charge in [0.2, 0.25) is 5.91 Å². The first-order chi connectivity index (χ1) is 14.1. The number of hydrogen-bond donors (Lipinski definition) is 0. The van der Waals surface area contributed by atoms with E-state index in [2.05, 4.69) is 0 Å². The highest BCUT2D eigenvalue weighted by Gasteiger charge is 2.36. The van der Waals surface area contributed by atoms with Crippen LogP contribution in [-0.2, 0) is 16.1 Å². The Balaban J connectivity index is 1.48. The van der Waals surface area contributed by atoms with Crippen LogP contribution in [0.2, 0.25) is 0 Å². The average molecular weight is 396 g/mol. The quantitative estimate of drug-likeness (QED) is 0.686. The van der Waals surface area contributed by atoms with Crippen LogP contribution in [0.25, 0.3) is 0 Å². The largest absolute Gasteiger partial charge is 0.467 e. The van der Waals surface area contributed by atoms with Crippen LogP contribution >= 0.6 is 0 Å². The third kappa shape index (κ3) is 5.07.